The van der Waals surface area contributed by atoms with Crippen LogP contribution in [0.25, 0.3) is 0 Å². The van der Waals surface area contributed by atoms with Crippen molar-refractivity contribution in [3.05, 3.63) is 52.2 Å². The number of ether oxygens (including phenoxy) is 1. The second-order valence-electron chi connectivity index (χ2n) is 11.3. The van der Waals surface area contributed by atoms with Crippen LogP contribution in [-0.2, 0) is 15.7 Å². The zero-order valence-corrected chi connectivity index (χ0v) is 24.2. The number of pyridine rings is 1. The van der Waals surface area contributed by atoms with Crippen molar-refractivity contribution in [3.8, 4) is 0 Å². The molecular weight excluding hydrogens is 589 g/mol. The molecule has 2 saturated heterocycles. The second-order valence-corrected chi connectivity index (χ2v) is 11.6. The predicted octanol–water partition coefficient (Wildman–Crippen LogP) is 5.48. The predicted molar refractivity (Wildman–Crippen MR) is 143 cm³/mol. The Kier molecular flexibility index (Phi) is 8.33. The van der Waals surface area contributed by atoms with Crippen molar-refractivity contribution in [2.24, 2.45) is 5.92 Å². The summed E-state index contributed by atoms with van der Waals surface area (Å²) in [7, 11) is 1.18. The molecule has 2 aliphatic rings. The molecule has 2 aliphatic heterocycles. The van der Waals surface area contributed by atoms with E-state index in [1.807, 2.05) is 0 Å². The first-order chi connectivity index (χ1) is 19.4. The largest absolute Gasteiger partial charge is 0.444 e. The lowest BCUT2D eigenvalue weighted by Gasteiger charge is -2.41. The molecule has 0 bridgehead atoms. The van der Waals surface area contributed by atoms with Crippen molar-refractivity contribution >= 4 is 41.1 Å². The highest BCUT2D eigenvalue weighted by atomic mass is 35.5. The standard InChI is InChI=1S/C27H29ClF5N5O4/c1-14-8-16(27(31,32)33)9-20(34-14)38-19(23(39)35(5)18-7-6-17(29)21(28)22(18)30)13-36(24(38)40)10-15-11-37(12-15)25(41)42-26(2,3)4/h6-9,15,19H,10-13H2,1-5H3/t19-/m0/s1. The number of likely N-dealkylation sites (N-methyl/N-ethyl adjacent to an activating group) is 1. The van der Waals surface area contributed by atoms with Gasteiger partial charge in [-0.15, -0.1) is 0 Å². The van der Waals surface area contributed by atoms with Gasteiger partial charge in [-0.05, 0) is 52.0 Å². The van der Waals surface area contributed by atoms with Crippen molar-refractivity contribution in [1.82, 2.24) is 14.8 Å². The van der Waals surface area contributed by atoms with Gasteiger partial charge in [0.05, 0.1) is 17.8 Å². The summed E-state index contributed by atoms with van der Waals surface area (Å²) >= 11 is 5.67. The molecule has 1 aromatic carbocycles. The average molecular weight is 618 g/mol. The summed E-state index contributed by atoms with van der Waals surface area (Å²) in [5, 5.41) is -0.845. The average Bonchev–Trinajstić information content (AvgIpc) is 3.17. The summed E-state index contributed by atoms with van der Waals surface area (Å²) in [5.41, 5.74) is -2.21. The first-order valence-electron chi connectivity index (χ1n) is 12.9. The molecule has 2 fully saturated rings. The second kappa shape index (κ2) is 11.2. The smallest absolute Gasteiger partial charge is 0.416 e. The molecule has 9 nitrogen and oxygen atoms in total. The number of hydrogen-bond acceptors (Lipinski definition) is 5. The fourth-order valence-electron chi connectivity index (χ4n) is 4.78. The first-order valence-corrected chi connectivity index (χ1v) is 13.3. The van der Waals surface area contributed by atoms with Crippen LogP contribution in [0.3, 0.4) is 0 Å². The van der Waals surface area contributed by atoms with Crippen LogP contribution in [0.1, 0.15) is 32.0 Å². The Hall–Kier alpha value is -3.68. The zero-order valence-electron chi connectivity index (χ0n) is 23.4. The molecule has 228 valence electrons. The fraction of sp³-hybridized carbons (Fsp3) is 0.481. The van der Waals surface area contributed by atoms with Crippen molar-refractivity contribution in [2.45, 2.75) is 45.5 Å². The molecule has 2 aromatic rings. The third-order valence-electron chi connectivity index (χ3n) is 6.77. The van der Waals surface area contributed by atoms with Crippen LogP contribution >= 0.6 is 11.6 Å². The van der Waals surface area contributed by atoms with E-state index in [0.717, 1.165) is 28.0 Å². The number of amides is 4. The van der Waals surface area contributed by atoms with Gasteiger partial charge in [-0.2, -0.15) is 13.2 Å². The minimum absolute atomic E-state index is 0.0472. The fourth-order valence-corrected chi connectivity index (χ4v) is 4.94. The SMILES string of the molecule is Cc1cc(C(F)(F)F)cc(N2C(=O)N(CC3CN(C(=O)OC(C)(C)C)C3)C[C@H]2C(=O)N(C)c2ccc(F)c(Cl)c2F)n1. The topological polar surface area (TPSA) is 86.3 Å². The number of benzene rings is 1. The minimum Gasteiger partial charge on any atom is -0.444 e. The Bertz CT molecular complexity index is 1410. The van der Waals surface area contributed by atoms with Gasteiger partial charge in [-0.25, -0.2) is 23.4 Å². The first kappa shape index (κ1) is 31.3. The molecule has 1 aromatic heterocycles. The summed E-state index contributed by atoms with van der Waals surface area (Å²) in [6.07, 6.45) is -5.28. The van der Waals surface area contributed by atoms with Gasteiger partial charge in [-0.3, -0.25) is 9.69 Å². The number of hydrogen-bond donors (Lipinski definition) is 0. The van der Waals surface area contributed by atoms with E-state index in [1.165, 1.54) is 23.8 Å². The number of aromatic nitrogens is 1. The van der Waals surface area contributed by atoms with E-state index in [0.29, 0.717) is 6.07 Å². The van der Waals surface area contributed by atoms with Gasteiger partial charge in [0, 0.05) is 38.3 Å². The number of carbonyl (C=O) groups is 3. The molecule has 3 heterocycles. The molecule has 0 N–H and O–H groups in total. The molecule has 0 radical (unpaired) electrons. The minimum atomic E-state index is -4.76. The lowest BCUT2D eigenvalue weighted by molar-refractivity contribution is -0.137. The summed E-state index contributed by atoms with van der Waals surface area (Å²) in [6, 6.07) is 1.11. The third-order valence-corrected chi connectivity index (χ3v) is 7.12. The van der Waals surface area contributed by atoms with Gasteiger partial charge in [0.2, 0.25) is 0 Å². The Morgan fingerprint density at radius 3 is 2.36 bits per heavy atom. The molecule has 4 amide bonds. The number of anilines is 2. The lowest BCUT2D eigenvalue weighted by Crippen LogP contribution is -2.55. The van der Waals surface area contributed by atoms with Crippen LogP contribution in [0.4, 0.5) is 43.0 Å². The normalized spacial score (nSPS) is 17.9. The molecule has 0 spiro atoms. The van der Waals surface area contributed by atoms with E-state index in [1.54, 1.807) is 20.8 Å². The molecular formula is C27H29ClF5N5O4. The van der Waals surface area contributed by atoms with Gasteiger partial charge < -0.3 is 19.4 Å². The number of alkyl halides is 3. The number of urea groups is 1. The summed E-state index contributed by atoms with van der Waals surface area (Å²) < 4.78 is 74.7. The highest BCUT2D eigenvalue weighted by molar-refractivity contribution is 6.31. The number of carbonyl (C=O) groups excluding carboxylic acids is 3. The number of nitrogens with zero attached hydrogens (tertiary/aromatic N) is 5. The molecule has 1 atom stereocenters. The van der Waals surface area contributed by atoms with Gasteiger partial charge >= 0.3 is 18.3 Å². The maximum Gasteiger partial charge on any atom is 0.416 e. The molecule has 0 saturated carbocycles. The Balaban J connectivity index is 1.62. The number of aryl methyl sites for hydroxylation is 1. The Morgan fingerprint density at radius 1 is 1.12 bits per heavy atom. The molecule has 42 heavy (non-hydrogen) atoms. The van der Waals surface area contributed by atoms with Gasteiger partial charge in [0.15, 0.2) is 5.82 Å². The van der Waals surface area contributed by atoms with E-state index in [2.05, 4.69) is 4.98 Å². The van der Waals surface area contributed by atoms with Crippen LogP contribution in [-0.4, -0.2) is 77.7 Å². The lowest BCUT2D eigenvalue weighted by atomic mass is 10.0. The quantitative estimate of drug-likeness (QED) is 0.328. The van der Waals surface area contributed by atoms with Crippen molar-refractivity contribution in [2.75, 3.05) is 43.0 Å². The summed E-state index contributed by atoms with van der Waals surface area (Å²) in [5.74, 6) is -3.74. The molecule has 4 rings (SSSR count). The molecule has 0 aliphatic carbocycles. The van der Waals surface area contributed by atoms with E-state index in [9.17, 15) is 36.3 Å². The van der Waals surface area contributed by atoms with E-state index >= 15 is 0 Å². The third kappa shape index (κ3) is 6.37. The maximum atomic E-state index is 14.8. The van der Waals surface area contributed by atoms with Crippen LogP contribution in [0.5, 0.6) is 0 Å². The monoisotopic (exact) mass is 617 g/mol. The van der Waals surface area contributed by atoms with Crippen LogP contribution < -0.4 is 9.80 Å². The summed E-state index contributed by atoms with van der Waals surface area (Å²) in [6.45, 7) is 6.83. The summed E-state index contributed by atoms with van der Waals surface area (Å²) in [4.78, 5) is 48.0. The molecule has 0 unspecified atom stereocenters. The van der Waals surface area contributed by atoms with Crippen molar-refractivity contribution < 1.29 is 41.1 Å². The van der Waals surface area contributed by atoms with Crippen LogP contribution in [0.2, 0.25) is 5.02 Å². The van der Waals surface area contributed by atoms with Gasteiger partial charge in [0.1, 0.15) is 28.3 Å². The molecule has 15 heteroatoms. The Morgan fingerprint density at radius 2 is 1.76 bits per heavy atom. The Labute approximate surface area is 243 Å². The van der Waals surface area contributed by atoms with Crippen LogP contribution in [0.15, 0.2) is 24.3 Å². The van der Waals surface area contributed by atoms with Crippen molar-refractivity contribution in [3.63, 3.8) is 0 Å². The highest BCUT2D eigenvalue weighted by Crippen LogP contribution is 2.35. The van der Waals surface area contributed by atoms with E-state index < -0.39 is 69.6 Å². The highest BCUT2D eigenvalue weighted by Gasteiger charge is 2.47. The number of halogens is 6. The van der Waals surface area contributed by atoms with Gasteiger partial charge in [0.25, 0.3) is 5.91 Å². The number of likely N-dealkylation sites (tertiary alicyclic amines) is 1. The van der Waals surface area contributed by atoms with E-state index in [4.69, 9.17) is 16.3 Å². The van der Waals surface area contributed by atoms with Crippen molar-refractivity contribution in [1.29, 1.82) is 0 Å². The maximum absolute atomic E-state index is 14.8. The van der Waals surface area contributed by atoms with Gasteiger partial charge in [-0.1, -0.05) is 11.6 Å². The van der Waals surface area contributed by atoms with Crippen LogP contribution in [0, 0.1) is 24.5 Å². The van der Waals surface area contributed by atoms with E-state index in [-0.39, 0.29) is 37.8 Å². The zero-order chi connectivity index (χ0) is 31.3. The number of rotatable bonds is 5.